The van der Waals surface area contributed by atoms with Crippen molar-refractivity contribution in [3.8, 4) is 0 Å². The van der Waals surface area contributed by atoms with Crippen molar-refractivity contribution in [1.29, 1.82) is 0 Å². The Morgan fingerprint density at radius 3 is 1.88 bits per heavy atom. The number of nitrogens with zero attached hydrogens (tertiary/aromatic N) is 2. The molecule has 0 aromatic rings. The maximum atomic E-state index is 11.5. The number of carbonyl (C=O) groups excluding carboxylic acids is 3. The molecule has 0 saturated carbocycles. The second-order valence-corrected chi connectivity index (χ2v) is 6.77. The number of esters is 2. The summed E-state index contributed by atoms with van der Waals surface area (Å²) < 4.78 is 10.1. The second kappa shape index (κ2) is 5.97. The molecule has 4 aliphatic rings. The van der Waals surface area contributed by atoms with E-state index in [0.29, 0.717) is 6.42 Å². The van der Waals surface area contributed by atoms with Crippen LogP contribution in [-0.2, 0) is 23.9 Å². The molecule has 4 rings (SSSR count). The Labute approximate surface area is 141 Å². The molecule has 0 bridgehead atoms. The Morgan fingerprint density at radius 2 is 1.46 bits per heavy atom. The Balaban J connectivity index is 0.000000141. The number of carbonyl (C=O) groups is 3. The number of hydrogen-bond acceptors (Lipinski definition) is 7. The van der Waals surface area contributed by atoms with Gasteiger partial charge in [-0.1, -0.05) is 6.08 Å². The lowest BCUT2D eigenvalue weighted by Crippen LogP contribution is -2.46. The van der Waals surface area contributed by atoms with Crippen molar-refractivity contribution in [3.63, 3.8) is 0 Å². The molecule has 4 saturated heterocycles. The van der Waals surface area contributed by atoms with Crippen LogP contribution < -0.4 is 0 Å². The summed E-state index contributed by atoms with van der Waals surface area (Å²) in [6, 6.07) is 0. The largest absolute Gasteiger partial charge is 0.445 e. The van der Waals surface area contributed by atoms with Gasteiger partial charge >= 0.3 is 11.9 Å². The molecule has 0 aromatic heterocycles. The van der Waals surface area contributed by atoms with Crippen LogP contribution in [0.1, 0.15) is 39.5 Å². The number of fused-ring (bicyclic) bond motifs is 2. The average molecular weight is 336 g/mol. The van der Waals surface area contributed by atoms with E-state index in [9.17, 15) is 14.4 Å². The number of aldehydes is 1. The minimum Gasteiger partial charge on any atom is -0.445 e. The summed E-state index contributed by atoms with van der Waals surface area (Å²) in [7, 11) is 0. The van der Waals surface area contributed by atoms with E-state index in [2.05, 4.69) is 11.5 Å². The molecule has 24 heavy (non-hydrogen) atoms. The van der Waals surface area contributed by atoms with Gasteiger partial charge in [0.25, 0.3) is 0 Å². The predicted octanol–water partition coefficient (Wildman–Crippen LogP) is 0.832. The van der Waals surface area contributed by atoms with Crippen LogP contribution in [0.25, 0.3) is 0 Å². The second-order valence-electron chi connectivity index (χ2n) is 6.77. The summed E-state index contributed by atoms with van der Waals surface area (Å²) in [5.41, 5.74) is -1.42. The van der Waals surface area contributed by atoms with Gasteiger partial charge in [-0.15, -0.1) is 6.58 Å². The lowest BCUT2D eigenvalue weighted by atomic mass is 9.98. The summed E-state index contributed by atoms with van der Waals surface area (Å²) >= 11 is 0. The third-order valence-corrected chi connectivity index (χ3v) is 5.61. The molecule has 4 atom stereocenters. The van der Waals surface area contributed by atoms with Crippen LogP contribution in [0.3, 0.4) is 0 Å². The summed E-state index contributed by atoms with van der Waals surface area (Å²) in [5.74, 6) is -0.495. The normalized spacial score (nSPS) is 41.1. The molecule has 0 aliphatic carbocycles. The van der Waals surface area contributed by atoms with Gasteiger partial charge in [-0.05, 0) is 39.5 Å². The standard InChI is InChI=1S/C9H13NO2.C8H11NO3/c1-3-9-5-4-6-10(9)7(2)12-8(9)11;1-6-9-4-2-3-8(9,5-10)7(11)12-6/h3,7H,1,4-6H2,2H3;5-6H,2-4H2,1H3/t7-,9+;6-,8-/m11/s1. The monoisotopic (exact) mass is 336 g/mol. The van der Waals surface area contributed by atoms with Crippen molar-refractivity contribution in [2.75, 3.05) is 13.1 Å². The van der Waals surface area contributed by atoms with Gasteiger partial charge in [0.15, 0.2) is 24.3 Å². The van der Waals surface area contributed by atoms with Gasteiger partial charge in [-0.25, -0.2) is 19.4 Å². The number of hydrogen-bond donors (Lipinski definition) is 0. The SMILES string of the molecule is C=C[C@@]12CCCN1[C@@H](C)OC2=O.C[C@H]1OC(=O)[C@]2(C=O)CCCN12. The van der Waals surface area contributed by atoms with E-state index in [1.807, 2.05) is 11.8 Å². The van der Waals surface area contributed by atoms with Gasteiger partial charge < -0.3 is 14.3 Å². The highest BCUT2D eigenvalue weighted by Gasteiger charge is 2.57. The van der Waals surface area contributed by atoms with Crippen LogP contribution >= 0.6 is 0 Å². The number of cyclic esters (lactones) is 2. The van der Waals surface area contributed by atoms with E-state index < -0.39 is 11.1 Å². The van der Waals surface area contributed by atoms with Crippen molar-refractivity contribution in [2.45, 2.75) is 63.1 Å². The molecule has 0 N–H and O–H groups in total. The first-order valence-corrected chi connectivity index (χ1v) is 8.47. The van der Waals surface area contributed by atoms with E-state index in [1.165, 1.54) is 0 Å². The predicted molar refractivity (Wildman–Crippen MR) is 84.7 cm³/mol. The van der Waals surface area contributed by atoms with Crippen LogP contribution in [-0.4, -0.2) is 64.6 Å². The Hall–Kier alpha value is -1.73. The van der Waals surface area contributed by atoms with Crippen LogP contribution in [0.4, 0.5) is 0 Å². The van der Waals surface area contributed by atoms with Gasteiger partial charge in [0.1, 0.15) is 5.54 Å². The van der Waals surface area contributed by atoms with E-state index in [-0.39, 0.29) is 24.4 Å². The average Bonchev–Trinajstić information content (AvgIpc) is 3.27. The fraction of sp³-hybridized carbons (Fsp3) is 0.706. The lowest BCUT2D eigenvalue weighted by molar-refractivity contribution is -0.146. The van der Waals surface area contributed by atoms with Crippen LogP contribution in [0.2, 0.25) is 0 Å². The molecule has 0 unspecified atom stereocenters. The molecule has 7 nitrogen and oxygen atoms in total. The Morgan fingerprint density at radius 1 is 1.00 bits per heavy atom. The fourth-order valence-corrected chi connectivity index (χ4v) is 4.29. The van der Waals surface area contributed by atoms with Gasteiger partial charge in [0, 0.05) is 13.1 Å². The quantitative estimate of drug-likeness (QED) is 0.320. The topological polar surface area (TPSA) is 76.1 Å². The van der Waals surface area contributed by atoms with Gasteiger partial charge in [0.05, 0.1) is 0 Å². The first-order valence-electron chi connectivity index (χ1n) is 8.47. The first-order chi connectivity index (χ1) is 11.4. The zero-order chi connectivity index (χ0) is 17.5. The lowest BCUT2D eigenvalue weighted by Gasteiger charge is -2.24. The van der Waals surface area contributed by atoms with Crippen molar-refractivity contribution in [3.05, 3.63) is 12.7 Å². The molecule has 0 radical (unpaired) electrons. The van der Waals surface area contributed by atoms with E-state index in [4.69, 9.17) is 9.47 Å². The minimum absolute atomic E-state index is 0.0713. The highest BCUT2D eigenvalue weighted by atomic mass is 16.6. The summed E-state index contributed by atoms with van der Waals surface area (Å²) in [4.78, 5) is 37.6. The zero-order valence-corrected chi connectivity index (χ0v) is 14.2. The molecule has 4 fully saturated rings. The van der Waals surface area contributed by atoms with Crippen LogP contribution in [0, 0.1) is 0 Å². The molecule has 0 amide bonds. The van der Waals surface area contributed by atoms with Crippen molar-refractivity contribution >= 4 is 18.2 Å². The summed E-state index contributed by atoms with van der Waals surface area (Å²) in [5, 5.41) is 0. The Kier molecular flexibility index (Phi) is 4.25. The molecule has 4 aliphatic heterocycles. The third-order valence-electron chi connectivity index (χ3n) is 5.61. The van der Waals surface area contributed by atoms with Crippen LogP contribution in [0.5, 0.6) is 0 Å². The smallest absolute Gasteiger partial charge is 0.335 e. The zero-order valence-electron chi connectivity index (χ0n) is 14.2. The molecular weight excluding hydrogens is 312 g/mol. The maximum Gasteiger partial charge on any atom is 0.335 e. The minimum atomic E-state index is -0.931. The van der Waals surface area contributed by atoms with E-state index >= 15 is 0 Å². The Bertz CT molecular complexity index is 529. The first kappa shape index (κ1) is 17.1. The molecule has 132 valence electrons. The van der Waals surface area contributed by atoms with Gasteiger partial charge in [-0.2, -0.15) is 0 Å². The fourth-order valence-electron chi connectivity index (χ4n) is 4.29. The molecule has 0 spiro atoms. The van der Waals surface area contributed by atoms with Crippen molar-refractivity contribution < 1.29 is 23.9 Å². The van der Waals surface area contributed by atoms with Gasteiger partial charge in [0.2, 0.25) is 0 Å². The third kappa shape index (κ3) is 2.22. The highest BCUT2D eigenvalue weighted by Crippen LogP contribution is 2.39. The molecule has 4 heterocycles. The number of ether oxygens (including phenoxy) is 2. The molecule has 7 heteroatoms. The molecule has 0 aromatic carbocycles. The summed E-state index contributed by atoms with van der Waals surface area (Å²) in [6.07, 6.45) is 5.59. The summed E-state index contributed by atoms with van der Waals surface area (Å²) in [6.45, 7) is 9.16. The van der Waals surface area contributed by atoms with Crippen molar-refractivity contribution in [2.24, 2.45) is 0 Å². The number of rotatable bonds is 2. The van der Waals surface area contributed by atoms with Crippen molar-refractivity contribution in [1.82, 2.24) is 9.80 Å². The van der Waals surface area contributed by atoms with Crippen LogP contribution in [0.15, 0.2) is 12.7 Å². The van der Waals surface area contributed by atoms with E-state index in [1.54, 1.807) is 13.0 Å². The maximum absolute atomic E-state index is 11.5. The highest BCUT2D eigenvalue weighted by molar-refractivity contribution is 6.00. The molecular formula is C17H24N2O5. The van der Waals surface area contributed by atoms with Gasteiger partial charge in [-0.3, -0.25) is 0 Å². The van der Waals surface area contributed by atoms with E-state index in [0.717, 1.165) is 38.6 Å².